The number of nitrogens with zero attached hydrogens (tertiary/aromatic N) is 3. The molecule has 1 saturated heterocycles. The zero-order valence-corrected chi connectivity index (χ0v) is 15.1. The normalized spacial score (nSPS) is 17.0. The average molecular weight is 378 g/mol. The predicted molar refractivity (Wildman–Crippen MR) is 96.0 cm³/mol. The Balaban J connectivity index is 0.00000132. The van der Waals surface area contributed by atoms with Gasteiger partial charge in [0.05, 0.1) is 17.2 Å². The molecule has 0 saturated carbocycles. The van der Waals surface area contributed by atoms with Crippen LogP contribution in [0.5, 0.6) is 0 Å². The van der Waals surface area contributed by atoms with Crippen LogP contribution < -0.4 is 10.6 Å². The van der Waals surface area contributed by atoms with Crippen LogP contribution in [0.3, 0.4) is 0 Å². The molecule has 1 aliphatic rings. The van der Waals surface area contributed by atoms with Gasteiger partial charge in [-0.25, -0.2) is 4.98 Å². The highest BCUT2D eigenvalue weighted by Crippen LogP contribution is 2.15. The lowest BCUT2D eigenvalue weighted by molar-refractivity contribution is 0.0947. The Morgan fingerprint density at radius 3 is 3.04 bits per heavy atom. The molecule has 3 rings (SSSR count). The zero-order valence-electron chi connectivity index (χ0n) is 12.6. The van der Waals surface area contributed by atoms with E-state index in [1.54, 1.807) is 22.9 Å². The molecule has 1 fully saturated rings. The maximum Gasteiger partial charge on any atom is 0.271 e. The first kappa shape index (κ1) is 19.9. The third-order valence-corrected chi connectivity index (χ3v) is 4.27. The minimum absolute atomic E-state index is 0. The minimum Gasteiger partial charge on any atom is -0.350 e. The van der Waals surface area contributed by atoms with Crippen molar-refractivity contribution < 1.29 is 4.79 Å². The largest absolute Gasteiger partial charge is 0.350 e. The van der Waals surface area contributed by atoms with Gasteiger partial charge in [-0.2, -0.15) is 5.10 Å². The number of carbonyl (C=O) groups excluding carboxylic acids is 1. The third kappa shape index (κ3) is 5.46. The second-order valence-electron chi connectivity index (χ2n) is 5.17. The summed E-state index contributed by atoms with van der Waals surface area (Å²) in [6, 6.07) is 2.14. The lowest BCUT2D eigenvalue weighted by atomic mass is 10.1. The molecular weight excluding hydrogens is 357 g/mol. The van der Waals surface area contributed by atoms with E-state index in [4.69, 9.17) is 0 Å². The molecule has 0 aliphatic carbocycles. The summed E-state index contributed by atoms with van der Waals surface area (Å²) in [7, 11) is 0. The lowest BCUT2D eigenvalue weighted by Gasteiger charge is -2.22. The van der Waals surface area contributed by atoms with E-state index < -0.39 is 0 Å². The number of carbonyl (C=O) groups is 1. The standard InChI is InChI=1S/C14H19N5OS.2ClH/c20-14(16-6-3-11-9-21-10-17-11)13-4-7-19(18-13)12-2-1-5-15-8-12;;/h4,7,9-10,12,15H,1-3,5-6,8H2,(H,16,20);2*1H. The smallest absolute Gasteiger partial charge is 0.271 e. The van der Waals surface area contributed by atoms with E-state index in [2.05, 4.69) is 20.7 Å². The molecule has 1 amide bonds. The first-order chi connectivity index (χ1) is 10.3. The van der Waals surface area contributed by atoms with Crippen molar-refractivity contribution >= 4 is 42.1 Å². The van der Waals surface area contributed by atoms with Gasteiger partial charge in [0.15, 0.2) is 0 Å². The Labute approximate surface area is 151 Å². The van der Waals surface area contributed by atoms with Crippen molar-refractivity contribution in [3.8, 4) is 0 Å². The van der Waals surface area contributed by atoms with Crippen LogP contribution >= 0.6 is 36.2 Å². The molecule has 1 aliphatic heterocycles. The van der Waals surface area contributed by atoms with Crippen molar-refractivity contribution in [3.63, 3.8) is 0 Å². The molecule has 6 nitrogen and oxygen atoms in total. The van der Waals surface area contributed by atoms with Crippen LogP contribution in [0.4, 0.5) is 0 Å². The van der Waals surface area contributed by atoms with E-state index in [0.29, 0.717) is 18.3 Å². The van der Waals surface area contributed by atoms with Crippen molar-refractivity contribution in [2.75, 3.05) is 19.6 Å². The number of aromatic nitrogens is 3. The third-order valence-electron chi connectivity index (χ3n) is 3.64. The van der Waals surface area contributed by atoms with Gasteiger partial charge >= 0.3 is 0 Å². The van der Waals surface area contributed by atoms with Gasteiger partial charge in [0.2, 0.25) is 0 Å². The predicted octanol–water partition coefficient (Wildman–Crippen LogP) is 2.08. The van der Waals surface area contributed by atoms with Crippen molar-refractivity contribution in [1.82, 2.24) is 25.4 Å². The van der Waals surface area contributed by atoms with E-state index in [9.17, 15) is 4.79 Å². The van der Waals surface area contributed by atoms with Crippen molar-refractivity contribution in [2.45, 2.75) is 25.3 Å². The lowest BCUT2D eigenvalue weighted by Crippen LogP contribution is -2.32. The molecule has 23 heavy (non-hydrogen) atoms. The summed E-state index contributed by atoms with van der Waals surface area (Å²) in [5.41, 5.74) is 3.30. The monoisotopic (exact) mass is 377 g/mol. The fourth-order valence-electron chi connectivity index (χ4n) is 2.48. The molecule has 0 radical (unpaired) electrons. The van der Waals surface area contributed by atoms with Gasteiger partial charge in [0.25, 0.3) is 5.91 Å². The molecule has 2 aromatic rings. The number of amides is 1. The first-order valence-electron chi connectivity index (χ1n) is 7.24. The van der Waals surface area contributed by atoms with Crippen LogP contribution in [0.15, 0.2) is 23.2 Å². The SMILES string of the molecule is Cl.Cl.O=C(NCCc1cscn1)c1ccn(C2CCCNC2)n1. The van der Waals surface area contributed by atoms with Crippen molar-refractivity contribution in [2.24, 2.45) is 0 Å². The summed E-state index contributed by atoms with van der Waals surface area (Å²) in [6.07, 6.45) is 4.91. The van der Waals surface area contributed by atoms with Gasteiger partial charge in [-0.3, -0.25) is 9.48 Å². The Hall–Kier alpha value is -1.15. The van der Waals surface area contributed by atoms with E-state index >= 15 is 0 Å². The Bertz CT molecular complexity index is 584. The molecule has 128 valence electrons. The van der Waals surface area contributed by atoms with E-state index in [0.717, 1.165) is 38.0 Å². The van der Waals surface area contributed by atoms with Crippen LogP contribution in [-0.2, 0) is 6.42 Å². The molecule has 0 spiro atoms. The van der Waals surface area contributed by atoms with Gasteiger partial charge < -0.3 is 10.6 Å². The molecule has 2 N–H and O–H groups in total. The second kappa shape index (κ2) is 9.87. The highest BCUT2D eigenvalue weighted by atomic mass is 35.5. The Morgan fingerprint density at radius 2 is 2.35 bits per heavy atom. The number of nitrogens with one attached hydrogen (secondary N) is 2. The van der Waals surface area contributed by atoms with Gasteiger partial charge in [0, 0.05) is 31.1 Å². The zero-order chi connectivity index (χ0) is 14.5. The number of thiazole rings is 1. The van der Waals surface area contributed by atoms with Crippen LogP contribution in [0.1, 0.15) is 35.1 Å². The molecule has 3 heterocycles. The maximum absolute atomic E-state index is 12.0. The molecule has 2 aromatic heterocycles. The molecule has 1 unspecified atom stereocenters. The minimum atomic E-state index is -0.118. The quantitative estimate of drug-likeness (QED) is 0.836. The summed E-state index contributed by atoms with van der Waals surface area (Å²) in [5.74, 6) is -0.118. The number of rotatable bonds is 5. The maximum atomic E-state index is 12.0. The highest BCUT2D eigenvalue weighted by Gasteiger charge is 2.17. The average Bonchev–Trinajstić information content (AvgIpc) is 3.20. The number of piperidine rings is 1. The van der Waals surface area contributed by atoms with Crippen molar-refractivity contribution in [3.05, 3.63) is 34.5 Å². The fourth-order valence-corrected chi connectivity index (χ4v) is 3.07. The number of hydrogen-bond donors (Lipinski definition) is 2. The van der Waals surface area contributed by atoms with Crippen LogP contribution in [0.25, 0.3) is 0 Å². The topological polar surface area (TPSA) is 71.8 Å². The van der Waals surface area contributed by atoms with Gasteiger partial charge in [-0.15, -0.1) is 36.2 Å². The van der Waals surface area contributed by atoms with Crippen LogP contribution in [0, 0.1) is 0 Å². The van der Waals surface area contributed by atoms with Crippen LogP contribution in [0.2, 0.25) is 0 Å². The summed E-state index contributed by atoms with van der Waals surface area (Å²) >= 11 is 1.57. The summed E-state index contributed by atoms with van der Waals surface area (Å²) < 4.78 is 1.90. The second-order valence-corrected chi connectivity index (χ2v) is 5.89. The summed E-state index contributed by atoms with van der Waals surface area (Å²) in [4.78, 5) is 16.2. The summed E-state index contributed by atoms with van der Waals surface area (Å²) in [6.45, 7) is 2.58. The Morgan fingerprint density at radius 1 is 1.48 bits per heavy atom. The summed E-state index contributed by atoms with van der Waals surface area (Å²) in [5, 5.41) is 12.6. The molecule has 1 atom stereocenters. The first-order valence-corrected chi connectivity index (χ1v) is 8.18. The molecule has 9 heteroatoms. The molecule has 0 bridgehead atoms. The number of halogens is 2. The molecule has 0 aromatic carbocycles. The molecular formula is C14H21Cl2N5OS. The van der Waals surface area contributed by atoms with E-state index in [1.165, 1.54) is 0 Å². The van der Waals surface area contributed by atoms with Gasteiger partial charge in [-0.05, 0) is 25.5 Å². The number of hydrogen-bond acceptors (Lipinski definition) is 5. The van der Waals surface area contributed by atoms with Gasteiger partial charge in [0.1, 0.15) is 5.69 Å². The Kier molecular flexibility index (Phi) is 8.54. The van der Waals surface area contributed by atoms with E-state index in [-0.39, 0.29) is 30.7 Å². The van der Waals surface area contributed by atoms with E-state index in [1.807, 2.05) is 16.3 Å². The van der Waals surface area contributed by atoms with Gasteiger partial charge in [-0.1, -0.05) is 0 Å². The van der Waals surface area contributed by atoms with Crippen molar-refractivity contribution in [1.29, 1.82) is 0 Å². The highest BCUT2D eigenvalue weighted by molar-refractivity contribution is 7.07. The van der Waals surface area contributed by atoms with Crippen LogP contribution in [-0.4, -0.2) is 40.3 Å². The fraction of sp³-hybridized carbons (Fsp3) is 0.500.